The molecule has 1 N–H and O–H groups in total. The van der Waals surface area contributed by atoms with Crippen molar-refractivity contribution in [1.29, 1.82) is 0 Å². The number of aliphatic imine (C=N–C) groups is 1. The Bertz CT molecular complexity index is 893. The standard InChI is InChI=1S/C19H18N4OS/c1-20-18(17-9-7-14-5-3-4-6-16(14)23-17)12-25-13-22-15-8-10-19(24-2)21-11-15/h3-12,22H,1,13H2,2H3/b18-12-. The molecule has 0 aliphatic rings. The van der Waals surface area contributed by atoms with E-state index in [2.05, 4.69) is 27.0 Å². The normalized spacial score (nSPS) is 11.3. The molecule has 1 aromatic carbocycles. The first-order valence-electron chi connectivity index (χ1n) is 7.69. The fraction of sp³-hybridized carbons (Fsp3) is 0.105. The van der Waals surface area contributed by atoms with Crippen LogP contribution in [0.25, 0.3) is 16.6 Å². The summed E-state index contributed by atoms with van der Waals surface area (Å²) in [6.07, 6.45) is 1.74. The van der Waals surface area contributed by atoms with E-state index in [1.54, 1.807) is 25.1 Å². The predicted molar refractivity (Wildman–Crippen MR) is 106 cm³/mol. The Kier molecular flexibility index (Phi) is 5.64. The minimum atomic E-state index is 0.596. The summed E-state index contributed by atoms with van der Waals surface area (Å²) in [7, 11) is 1.60. The molecule has 126 valence electrons. The smallest absolute Gasteiger partial charge is 0.213 e. The minimum absolute atomic E-state index is 0.596. The van der Waals surface area contributed by atoms with Gasteiger partial charge in [-0.2, -0.15) is 0 Å². The minimum Gasteiger partial charge on any atom is -0.481 e. The van der Waals surface area contributed by atoms with E-state index < -0.39 is 0 Å². The van der Waals surface area contributed by atoms with Crippen molar-refractivity contribution >= 4 is 40.8 Å². The van der Waals surface area contributed by atoms with Gasteiger partial charge in [0.1, 0.15) is 0 Å². The zero-order valence-electron chi connectivity index (χ0n) is 13.8. The molecule has 3 aromatic rings. The summed E-state index contributed by atoms with van der Waals surface area (Å²) in [6.45, 7) is 3.66. The van der Waals surface area contributed by atoms with Crippen LogP contribution in [0.15, 0.2) is 65.1 Å². The van der Waals surface area contributed by atoms with Crippen molar-refractivity contribution < 1.29 is 4.74 Å². The summed E-state index contributed by atoms with van der Waals surface area (Å²) in [4.78, 5) is 12.9. The zero-order valence-corrected chi connectivity index (χ0v) is 14.7. The fourth-order valence-electron chi connectivity index (χ4n) is 2.24. The zero-order chi connectivity index (χ0) is 17.5. The third-order valence-corrected chi connectivity index (χ3v) is 4.23. The first-order chi connectivity index (χ1) is 12.3. The van der Waals surface area contributed by atoms with Crippen LogP contribution in [0.3, 0.4) is 0 Å². The van der Waals surface area contributed by atoms with Crippen molar-refractivity contribution in [2.75, 3.05) is 18.3 Å². The van der Waals surface area contributed by atoms with Gasteiger partial charge < -0.3 is 10.1 Å². The van der Waals surface area contributed by atoms with Gasteiger partial charge in [0.05, 0.1) is 41.8 Å². The van der Waals surface area contributed by atoms with Crippen LogP contribution in [0, 0.1) is 0 Å². The number of thioether (sulfide) groups is 1. The molecule has 0 saturated heterocycles. The van der Waals surface area contributed by atoms with Crippen LogP contribution in [0.4, 0.5) is 5.69 Å². The van der Waals surface area contributed by atoms with Crippen LogP contribution in [-0.4, -0.2) is 29.7 Å². The van der Waals surface area contributed by atoms with Crippen LogP contribution in [-0.2, 0) is 0 Å². The van der Waals surface area contributed by atoms with Gasteiger partial charge in [-0.3, -0.25) is 4.99 Å². The Balaban J connectivity index is 1.64. The lowest BCUT2D eigenvalue weighted by atomic mass is 10.2. The van der Waals surface area contributed by atoms with Gasteiger partial charge in [-0.05, 0) is 24.9 Å². The number of nitrogens with one attached hydrogen (secondary N) is 1. The van der Waals surface area contributed by atoms with Crippen molar-refractivity contribution in [2.45, 2.75) is 0 Å². The van der Waals surface area contributed by atoms with Crippen LogP contribution in [0.5, 0.6) is 5.88 Å². The number of para-hydroxylation sites is 1. The van der Waals surface area contributed by atoms with Gasteiger partial charge in [0.25, 0.3) is 0 Å². The highest BCUT2D eigenvalue weighted by Crippen LogP contribution is 2.21. The average molecular weight is 350 g/mol. The second-order valence-electron chi connectivity index (χ2n) is 5.13. The monoisotopic (exact) mass is 350 g/mol. The molecular weight excluding hydrogens is 332 g/mol. The molecule has 0 radical (unpaired) electrons. The number of aromatic nitrogens is 2. The fourth-order valence-corrected chi connectivity index (χ4v) is 2.93. The number of nitrogens with zero attached hydrogens (tertiary/aromatic N) is 3. The lowest BCUT2D eigenvalue weighted by Gasteiger charge is -2.06. The number of anilines is 1. The summed E-state index contributed by atoms with van der Waals surface area (Å²) in [5.41, 5.74) is 3.44. The van der Waals surface area contributed by atoms with Crippen molar-refractivity contribution in [2.24, 2.45) is 4.99 Å². The SMILES string of the molecule is C=N/C(=C\SCNc1ccc(OC)nc1)c1ccc2ccccc2n1. The topological polar surface area (TPSA) is 59.4 Å². The van der Waals surface area contributed by atoms with E-state index in [9.17, 15) is 0 Å². The Morgan fingerprint density at radius 3 is 2.88 bits per heavy atom. The molecule has 0 fully saturated rings. The number of fused-ring (bicyclic) bond motifs is 1. The van der Waals surface area contributed by atoms with Gasteiger partial charge in [-0.25, -0.2) is 9.97 Å². The predicted octanol–water partition coefficient (Wildman–Crippen LogP) is 4.44. The van der Waals surface area contributed by atoms with Crippen LogP contribution < -0.4 is 10.1 Å². The third kappa shape index (κ3) is 4.36. The lowest BCUT2D eigenvalue weighted by molar-refractivity contribution is 0.398. The summed E-state index contributed by atoms with van der Waals surface area (Å²) < 4.78 is 5.04. The molecule has 5 nitrogen and oxygen atoms in total. The van der Waals surface area contributed by atoms with E-state index >= 15 is 0 Å². The molecule has 3 rings (SSSR count). The van der Waals surface area contributed by atoms with Crippen molar-refractivity contribution in [3.63, 3.8) is 0 Å². The highest BCUT2D eigenvalue weighted by atomic mass is 32.2. The average Bonchev–Trinajstić information content (AvgIpc) is 2.68. The number of benzene rings is 1. The second-order valence-corrected chi connectivity index (χ2v) is 5.99. The number of rotatable bonds is 7. The summed E-state index contributed by atoms with van der Waals surface area (Å²) in [6, 6.07) is 15.8. The molecule has 2 heterocycles. The maximum Gasteiger partial charge on any atom is 0.213 e. The molecule has 0 bridgehead atoms. The van der Waals surface area contributed by atoms with E-state index in [0.29, 0.717) is 11.8 Å². The van der Waals surface area contributed by atoms with Crippen LogP contribution in [0.2, 0.25) is 0 Å². The first kappa shape index (κ1) is 17.0. The first-order valence-corrected chi connectivity index (χ1v) is 8.73. The highest BCUT2D eigenvalue weighted by Gasteiger charge is 2.03. The summed E-state index contributed by atoms with van der Waals surface area (Å²) in [5.74, 6) is 1.28. The molecule has 0 spiro atoms. The maximum absolute atomic E-state index is 5.04. The number of methoxy groups -OCH3 is 1. The van der Waals surface area contributed by atoms with Gasteiger partial charge in [0, 0.05) is 16.9 Å². The summed E-state index contributed by atoms with van der Waals surface area (Å²) in [5, 5.41) is 6.33. The van der Waals surface area contributed by atoms with E-state index in [1.165, 1.54) is 0 Å². The molecule has 0 aliphatic heterocycles. The molecule has 6 heteroatoms. The van der Waals surface area contributed by atoms with Gasteiger partial charge in [0.15, 0.2) is 0 Å². The lowest BCUT2D eigenvalue weighted by Crippen LogP contribution is -1.97. The Morgan fingerprint density at radius 1 is 1.24 bits per heavy atom. The number of hydrogen-bond acceptors (Lipinski definition) is 6. The largest absolute Gasteiger partial charge is 0.481 e. The van der Waals surface area contributed by atoms with Crippen molar-refractivity contribution in [3.8, 4) is 5.88 Å². The molecule has 0 saturated carbocycles. The highest BCUT2D eigenvalue weighted by molar-refractivity contribution is 8.02. The van der Waals surface area contributed by atoms with Gasteiger partial charge >= 0.3 is 0 Å². The second kappa shape index (κ2) is 8.30. The van der Waals surface area contributed by atoms with E-state index in [1.807, 2.05) is 53.9 Å². The van der Waals surface area contributed by atoms with Crippen LogP contribution >= 0.6 is 11.8 Å². The van der Waals surface area contributed by atoms with E-state index in [4.69, 9.17) is 4.74 Å². The van der Waals surface area contributed by atoms with Gasteiger partial charge in [-0.1, -0.05) is 24.3 Å². The molecule has 2 aromatic heterocycles. The summed E-state index contributed by atoms with van der Waals surface area (Å²) >= 11 is 1.59. The Morgan fingerprint density at radius 2 is 2.12 bits per heavy atom. The van der Waals surface area contributed by atoms with Crippen molar-refractivity contribution in [1.82, 2.24) is 9.97 Å². The molecule has 0 aliphatic carbocycles. The molecule has 0 amide bonds. The molecular formula is C19H18N4OS. The Labute approximate surface area is 150 Å². The molecule has 25 heavy (non-hydrogen) atoms. The van der Waals surface area contributed by atoms with Crippen molar-refractivity contribution in [3.05, 3.63) is 65.8 Å². The quantitative estimate of drug-likeness (QED) is 0.388. The number of hydrogen-bond donors (Lipinski definition) is 1. The maximum atomic E-state index is 5.04. The molecule has 0 unspecified atom stereocenters. The third-order valence-electron chi connectivity index (χ3n) is 3.53. The molecule has 0 atom stereocenters. The number of ether oxygens (including phenoxy) is 1. The van der Waals surface area contributed by atoms with E-state index in [-0.39, 0.29) is 0 Å². The Hall–Kier alpha value is -2.86. The van der Waals surface area contributed by atoms with E-state index in [0.717, 1.165) is 28.0 Å². The number of pyridine rings is 2. The van der Waals surface area contributed by atoms with Gasteiger partial charge in [0.2, 0.25) is 5.88 Å². The van der Waals surface area contributed by atoms with Crippen LogP contribution in [0.1, 0.15) is 5.69 Å². The van der Waals surface area contributed by atoms with Gasteiger partial charge in [-0.15, -0.1) is 11.8 Å².